The van der Waals surface area contributed by atoms with Crippen molar-refractivity contribution >= 4 is 17.3 Å². The second kappa shape index (κ2) is 6.73. The second-order valence-electron chi connectivity index (χ2n) is 4.69. The van der Waals surface area contributed by atoms with E-state index >= 15 is 0 Å². The number of anilines is 1. The molecule has 104 valence electrons. The van der Waals surface area contributed by atoms with Gasteiger partial charge in [-0.3, -0.25) is 0 Å². The predicted octanol–water partition coefficient (Wildman–Crippen LogP) is 3.06. The van der Waals surface area contributed by atoms with E-state index in [-0.39, 0.29) is 0 Å². The van der Waals surface area contributed by atoms with Gasteiger partial charge in [0.2, 0.25) is 5.95 Å². The number of imidazole rings is 1. The van der Waals surface area contributed by atoms with Crippen LogP contribution in [0, 0.1) is 13.8 Å². The molecular weight excluding hydrogens is 258 g/mol. The lowest BCUT2D eigenvalue weighted by Gasteiger charge is -2.09. The summed E-state index contributed by atoms with van der Waals surface area (Å²) in [6.45, 7) is 6.71. The van der Waals surface area contributed by atoms with E-state index in [2.05, 4.69) is 38.7 Å². The number of methoxy groups -OCH3 is 1. The highest BCUT2D eigenvalue weighted by molar-refractivity contribution is 7.08. The van der Waals surface area contributed by atoms with Crippen LogP contribution in [0.25, 0.3) is 0 Å². The Kier molecular flexibility index (Phi) is 4.99. The quantitative estimate of drug-likeness (QED) is 0.792. The van der Waals surface area contributed by atoms with Crippen LogP contribution < -0.4 is 5.32 Å². The molecule has 0 saturated carbocycles. The molecule has 0 aliphatic heterocycles. The summed E-state index contributed by atoms with van der Waals surface area (Å²) in [5, 5.41) is 7.77. The fourth-order valence-electron chi connectivity index (χ4n) is 1.96. The number of rotatable bonds is 7. The molecule has 0 radical (unpaired) electrons. The SMILES string of the molecule is COCCCNc1nc(C)cn1Cc1cscc1C. The molecule has 0 saturated heterocycles. The van der Waals surface area contributed by atoms with E-state index in [0.29, 0.717) is 0 Å². The maximum atomic E-state index is 5.05. The zero-order valence-electron chi connectivity index (χ0n) is 11.8. The van der Waals surface area contributed by atoms with Gasteiger partial charge in [0, 0.05) is 26.5 Å². The number of hydrogen-bond donors (Lipinski definition) is 1. The van der Waals surface area contributed by atoms with Crippen LogP contribution >= 0.6 is 11.3 Å². The van der Waals surface area contributed by atoms with Crippen LogP contribution in [0.15, 0.2) is 17.0 Å². The van der Waals surface area contributed by atoms with E-state index in [0.717, 1.165) is 37.8 Å². The van der Waals surface area contributed by atoms with Gasteiger partial charge in [-0.05, 0) is 42.2 Å². The Hall–Kier alpha value is -1.33. The summed E-state index contributed by atoms with van der Waals surface area (Å²) >= 11 is 1.75. The van der Waals surface area contributed by atoms with E-state index in [1.165, 1.54) is 11.1 Å². The minimum absolute atomic E-state index is 0.774. The molecule has 5 heteroatoms. The standard InChI is InChI=1S/C14H21N3OS/c1-11-9-19-10-13(11)8-17-7-12(2)16-14(17)15-5-4-6-18-3/h7,9-10H,4-6,8H2,1-3H3,(H,15,16). The number of aryl methyl sites for hydroxylation is 2. The zero-order valence-corrected chi connectivity index (χ0v) is 12.6. The molecule has 2 aromatic heterocycles. The van der Waals surface area contributed by atoms with Gasteiger partial charge in [-0.1, -0.05) is 0 Å². The van der Waals surface area contributed by atoms with Crippen LogP contribution in [0.5, 0.6) is 0 Å². The lowest BCUT2D eigenvalue weighted by atomic mass is 10.2. The zero-order chi connectivity index (χ0) is 13.7. The third kappa shape index (κ3) is 3.81. The number of ether oxygens (including phenoxy) is 1. The molecule has 0 fully saturated rings. The van der Waals surface area contributed by atoms with Crippen LogP contribution in [-0.2, 0) is 11.3 Å². The van der Waals surface area contributed by atoms with E-state index in [1.54, 1.807) is 18.4 Å². The van der Waals surface area contributed by atoms with Crippen LogP contribution in [0.3, 0.4) is 0 Å². The molecule has 0 aliphatic carbocycles. The van der Waals surface area contributed by atoms with E-state index in [9.17, 15) is 0 Å². The molecule has 2 heterocycles. The monoisotopic (exact) mass is 279 g/mol. The predicted molar refractivity (Wildman–Crippen MR) is 80.1 cm³/mol. The normalized spacial score (nSPS) is 10.9. The smallest absolute Gasteiger partial charge is 0.203 e. The molecule has 0 aromatic carbocycles. The highest BCUT2D eigenvalue weighted by atomic mass is 32.1. The Labute approximate surface area is 118 Å². The Bertz CT molecular complexity index is 518. The van der Waals surface area contributed by atoms with Gasteiger partial charge in [-0.2, -0.15) is 11.3 Å². The van der Waals surface area contributed by atoms with Gasteiger partial charge in [0.15, 0.2) is 0 Å². The molecule has 1 N–H and O–H groups in total. The van der Waals surface area contributed by atoms with E-state index in [1.807, 2.05) is 6.92 Å². The highest BCUT2D eigenvalue weighted by Crippen LogP contribution is 2.18. The largest absolute Gasteiger partial charge is 0.385 e. The average molecular weight is 279 g/mol. The molecule has 0 aliphatic rings. The van der Waals surface area contributed by atoms with E-state index < -0.39 is 0 Å². The maximum Gasteiger partial charge on any atom is 0.203 e. The van der Waals surface area contributed by atoms with Crippen molar-refractivity contribution in [2.75, 3.05) is 25.6 Å². The van der Waals surface area contributed by atoms with Gasteiger partial charge < -0.3 is 14.6 Å². The summed E-state index contributed by atoms with van der Waals surface area (Å²) in [4.78, 5) is 4.53. The third-order valence-electron chi connectivity index (χ3n) is 3.01. The Morgan fingerprint density at radius 1 is 1.37 bits per heavy atom. The molecule has 0 amide bonds. The fraction of sp³-hybridized carbons (Fsp3) is 0.500. The summed E-state index contributed by atoms with van der Waals surface area (Å²) in [5.41, 5.74) is 3.76. The van der Waals surface area contributed by atoms with Crippen molar-refractivity contribution in [1.29, 1.82) is 0 Å². The topological polar surface area (TPSA) is 39.1 Å². The summed E-state index contributed by atoms with van der Waals surface area (Å²) < 4.78 is 7.23. The molecule has 0 atom stereocenters. The van der Waals surface area contributed by atoms with Crippen molar-refractivity contribution in [3.63, 3.8) is 0 Å². The number of nitrogens with zero attached hydrogens (tertiary/aromatic N) is 2. The summed E-state index contributed by atoms with van der Waals surface area (Å²) in [7, 11) is 1.73. The molecule has 0 bridgehead atoms. The first kappa shape index (κ1) is 14.1. The third-order valence-corrected chi connectivity index (χ3v) is 3.92. The first-order chi connectivity index (χ1) is 9.20. The van der Waals surface area contributed by atoms with Crippen molar-refractivity contribution in [3.8, 4) is 0 Å². The minimum Gasteiger partial charge on any atom is -0.385 e. The van der Waals surface area contributed by atoms with Crippen molar-refractivity contribution in [3.05, 3.63) is 33.8 Å². The lowest BCUT2D eigenvalue weighted by Crippen LogP contribution is -2.10. The Balaban J connectivity index is 2.01. The summed E-state index contributed by atoms with van der Waals surface area (Å²) in [6.07, 6.45) is 3.08. The highest BCUT2D eigenvalue weighted by Gasteiger charge is 2.07. The minimum atomic E-state index is 0.774. The number of hydrogen-bond acceptors (Lipinski definition) is 4. The van der Waals surface area contributed by atoms with Crippen molar-refractivity contribution in [2.24, 2.45) is 0 Å². The molecule has 0 unspecified atom stereocenters. The van der Waals surface area contributed by atoms with Crippen LogP contribution in [-0.4, -0.2) is 29.8 Å². The molecule has 2 rings (SSSR count). The average Bonchev–Trinajstić information content (AvgIpc) is 2.93. The molecule has 0 spiro atoms. The van der Waals surface area contributed by atoms with Gasteiger partial charge in [0.1, 0.15) is 0 Å². The Morgan fingerprint density at radius 2 is 2.21 bits per heavy atom. The van der Waals surface area contributed by atoms with Gasteiger partial charge in [0.05, 0.1) is 12.2 Å². The van der Waals surface area contributed by atoms with Crippen molar-refractivity contribution in [2.45, 2.75) is 26.8 Å². The number of thiophene rings is 1. The van der Waals surface area contributed by atoms with Crippen molar-refractivity contribution < 1.29 is 4.74 Å². The van der Waals surface area contributed by atoms with Gasteiger partial charge in [0.25, 0.3) is 0 Å². The van der Waals surface area contributed by atoms with Crippen LogP contribution in [0.4, 0.5) is 5.95 Å². The number of nitrogens with one attached hydrogen (secondary N) is 1. The molecule has 4 nitrogen and oxygen atoms in total. The van der Waals surface area contributed by atoms with Crippen LogP contribution in [0.2, 0.25) is 0 Å². The van der Waals surface area contributed by atoms with E-state index in [4.69, 9.17) is 4.74 Å². The maximum absolute atomic E-state index is 5.05. The van der Waals surface area contributed by atoms with Gasteiger partial charge in [-0.25, -0.2) is 4.98 Å². The van der Waals surface area contributed by atoms with Crippen LogP contribution in [0.1, 0.15) is 23.2 Å². The van der Waals surface area contributed by atoms with Gasteiger partial charge in [-0.15, -0.1) is 0 Å². The van der Waals surface area contributed by atoms with Gasteiger partial charge >= 0.3 is 0 Å². The molecule has 2 aromatic rings. The lowest BCUT2D eigenvalue weighted by molar-refractivity contribution is 0.197. The summed E-state index contributed by atoms with van der Waals surface area (Å²) in [5.74, 6) is 0.944. The fourth-order valence-corrected chi connectivity index (χ4v) is 2.81. The first-order valence-electron chi connectivity index (χ1n) is 6.49. The second-order valence-corrected chi connectivity index (χ2v) is 5.43. The summed E-state index contributed by atoms with van der Waals surface area (Å²) in [6, 6.07) is 0. The molecule has 19 heavy (non-hydrogen) atoms. The Morgan fingerprint density at radius 3 is 2.89 bits per heavy atom. The van der Waals surface area contributed by atoms with Crippen molar-refractivity contribution in [1.82, 2.24) is 9.55 Å². The first-order valence-corrected chi connectivity index (χ1v) is 7.43. The molecular formula is C14H21N3OS. The number of aromatic nitrogens is 2.